The van der Waals surface area contributed by atoms with Gasteiger partial charge in [-0.25, -0.2) is 4.79 Å². The van der Waals surface area contributed by atoms with Crippen molar-refractivity contribution in [1.29, 1.82) is 0 Å². The molecule has 1 N–H and O–H groups in total. The van der Waals surface area contributed by atoms with Gasteiger partial charge in [0.2, 0.25) is 0 Å². The highest BCUT2D eigenvalue weighted by Gasteiger charge is 2.24. The molecule has 1 aliphatic heterocycles. The maximum Gasteiger partial charge on any atom is 0.441 e. The molecule has 0 bridgehead atoms. The first-order valence-electron chi connectivity index (χ1n) is 8.73. The molecule has 6 heteroatoms. The van der Waals surface area contributed by atoms with Crippen LogP contribution in [0.4, 0.5) is 0 Å². The van der Waals surface area contributed by atoms with E-state index in [0.29, 0.717) is 18.4 Å². The second-order valence-corrected chi connectivity index (χ2v) is 6.46. The van der Waals surface area contributed by atoms with Gasteiger partial charge in [-0.1, -0.05) is 48.8 Å². The zero-order chi connectivity index (χ0) is 16.9. The summed E-state index contributed by atoms with van der Waals surface area (Å²) in [5.41, 5.74) is 0.806. The van der Waals surface area contributed by atoms with Crippen molar-refractivity contribution in [3.63, 3.8) is 0 Å². The molecule has 1 fully saturated rings. The van der Waals surface area contributed by atoms with E-state index < -0.39 is 11.9 Å². The number of aromatic nitrogens is 2. The van der Waals surface area contributed by atoms with E-state index >= 15 is 0 Å². The number of aliphatic hydroxyl groups excluding tert-OH is 1. The quantitative estimate of drug-likeness (QED) is 0.878. The molecule has 1 aromatic heterocycles. The van der Waals surface area contributed by atoms with Gasteiger partial charge in [-0.15, -0.1) is 0 Å². The molecule has 1 aromatic carbocycles. The molecule has 130 valence electrons. The molecule has 2 aromatic rings. The van der Waals surface area contributed by atoms with Gasteiger partial charge in [0, 0.05) is 18.2 Å². The van der Waals surface area contributed by atoms with Gasteiger partial charge in [-0.3, -0.25) is 14.0 Å². The third kappa shape index (κ3) is 3.76. The summed E-state index contributed by atoms with van der Waals surface area (Å²) in [6, 6.07) is 9.95. The van der Waals surface area contributed by atoms with Crippen LogP contribution in [0.1, 0.15) is 32.6 Å². The highest BCUT2D eigenvalue weighted by molar-refractivity contribution is 5.54. The maximum absolute atomic E-state index is 12.0. The summed E-state index contributed by atoms with van der Waals surface area (Å²) in [5.74, 6) is -0.0658. The molecule has 2 atom stereocenters. The average molecular weight is 331 g/mol. The van der Waals surface area contributed by atoms with Gasteiger partial charge in [0.1, 0.15) is 0 Å². The molecule has 0 aliphatic carbocycles. The van der Waals surface area contributed by atoms with Gasteiger partial charge in [0.05, 0.1) is 12.6 Å². The number of rotatable bonds is 6. The lowest BCUT2D eigenvalue weighted by Gasteiger charge is -2.36. The Balaban J connectivity index is 1.72. The SMILES string of the molecule is CCC1CCCCN1CC(O)Cn1c(-c2ccccc2)noc1=O. The number of hydrogen-bond acceptors (Lipinski definition) is 5. The largest absolute Gasteiger partial charge is 0.441 e. The van der Waals surface area contributed by atoms with E-state index in [1.54, 1.807) is 0 Å². The fraction of sp³-hybridized carbons (Fsp3) is 0.556. The van der Waals surface area contributed by atoms with Crippen LogP contribution < -0.4 is 5.76 Å². The normalized spacial score (nSPS) is 20.2. The Bertz CT molecular complexity index is 695. The number of benzene rings is 1. The summed E-state index contributed by atoms with van der Waals surface area (Å²) in [4.78, 5) is 14.3. The Labute approximate surface area is 141 Å². The van der Waals surface area contributed by atoms with Gasteiger partial charge in [-0.05, 0) is 25.8 Å². The molecular weight excluding hydrogens is 306 g/mol. The van der Waals surface area contributed by atoms with Crippen molar-refractivity contribution >= 4 is 0 Å². The van der Waals surface area contributed by atoms with Gasteiger partial charge in [0.25, 0.3) is 0 Å². The summed E-state index contributed by atoms with van der Waals surface area (Å²) < 4.78 is 6.24. The third-order valence-corrected chi connectivity index (χ3v) is 4.78. The van der Waals surface area contributed by atoms with E-state index in [0.717, 1.165) is 18.5 Å². The molecule has 0 amide bonds. The Morgan fingerprint density at radius 1 is 1.29 bits per heavy atom. The topological polar surface area (TPSA) is 71.5 Å². The van der Waals surface area contributed by atoms with Gasteiger partial charge >= 0.3 is 5.76 Å². The first kappa shape index (κ1) is 16.9. The molecule has 24 heavy (non-hydrogen) atoms. The minimum Gasteiger partial charge on any atom is -0.390 e. The van der Waals surface area contributed by atoms with E-state index in [2.05, 4.69) is 17.0 Å². The van der Waals surface area contributed by atoms with Crippen LogP contribution in [0.15, 0.2) is 39.6 Å². The van der Waals surface area contributed by atoms with Crippen LogP contribution >= 0.6 is 0 Å². The van der Waals surface area contributed by atoms with Crippen molar-refractivity contribution in [2.75, 3.05) is 13.1 Å². The Morgan fingerprint density at radius 3 is 2.83 bits per heavy atom. The lowest BCUT2D eigenvalue weighted by molar-refractivity contribution is 0.0562. The molecule has 0 radical (unpaired) electrons. The first-order chi connectivity index (χ1) is 11.7. The summed E-state index contributed by atoms with van der Waals surface area (Å²) in [7, 11) is 0. The predicted molar refractivity (Wildman–Crippen MR) is 91.7 cm³/mol. The molecule has 2 heterocycles. The van der Waals surface area contributed by atoms with Gasteiger partial charge in [0.15, 0.2) is 5.82 Å². The standard InChI is InChI=1S/C18H25N3O3/c1-2-15-10-6-7-11-20(15)12-16(22)13-21-17(19-24-18(21)23)14-8-4-3-5-9-14/h3-5,8-9,15-16,22H,2,6-7,10-13H2,1H3. The van der Waals surface area contributed by atoms with E-state index in [1.165, 1.54) is 23.8 Å². The molecule has 6 nitrogen and oxygen atoms in total. The Morgan fingerprint density at radius 2 is 2.08 bits per heavy atom. The predicted octanol–water partition coefficient (Wildman–Crippen LogP) is 2.13. The molecule has 1 aliphatic rings. The van der Waals surface area contributed by atoms with Crippen LogP contribution in [-0.2, 0) is 6.54 Å². The molecule has 0 spiro atoms. The number of aliphatic hydroxyl groups is 1. The summed E-state index contributed by atoms with van der Waals surface area (Å²) in [6.45, 7) is 3.97. The smallest absolute Gasteiger partial charge is 0.390 e. The van der Waals surface area contributed by atoms with Crippen molar-refractivity contribution in [2.24, 2.45) is 0 Å². The molecular formula is C18H25N3O3. The zero-order valence-electron chi connectivity index (χ0n) is 14.1. The molecule has 1 saturated heterocycles. The van der Waals surface area contributed by atoms with Crippen LogP contribution in [0.25, 0.3) is 11.4 Å². The van der Waals surface area contributed by atoms with Crippen LogP contribution in [-0.4, -0.2) is 45.0 Å². The summed E-state index contributed by atoms with van der Waals surface area (Å²) in [5, 5.41) is 14.4. The fourth-order valence-electron chi connectivity index (χ4n) is 3.53. The zero-order valence-corrected chi connectivity index (χ0v) is 14.1. The second kappa shape index (κ2) is 7.77. The van der Waals surface area contributed by atoms with E-state index in [4.69, 9.17) is 4.52 Å². The first-order valence-corrected chi connectivity index (χ1v) is 8.73. The number of β-amino-alcohol motifs (C(OH)–C–C–N with tert-alkyl or cyclic N) is 1. The lowest BCUT2D eigenvalue weighted by atomic mass is 9.99. The molecule has 2 unspecified atom stereocenters. The van der Waals surface area contributed by atoms with Crippen molar-refractivity contribution in [3.05, 3.63) is 40.9 Å². The van der Waals surface area contributed by atoms with Crippen molar-refractivity contribution in [1.82, 2.24) is 14.6 Å². The van der Waals surface area contributed by atoms with E-state index in [-0.39, 0.29) is 6.54 Å². The van der Waals surface area contributed by atoms with Crippen molar-refractivity contribution < 1.29 is 9.63 Å². The fourth-order valence-corrected chi connectivity index (χ4v) is 3.53. The van der Waals surface area contributed by atoms with Crippen molar-refractivity contribution in [2.45, 2.75) is 51.3 Å². The summed E-state index contributed by atoms with van der Waals surface area (Å²) in [6.07, 6.45) is 4.08. The molecule has 3 rings (SSSR count). The highest BCUT2D eigenvalue weighted by Crippen LogP contribution is 2.20. The van der Waals surface area contributed by atoms with E-state index in [9.17, 15) is 9.90 Å². The number of hydrogen-bond donors (Lipinski definition) is 1. The number of likely N-dealkylation sites (tertiary alicyclic amines) is 1. The second-order valence-electron chi connectivity index (χ2n) is 6.46. The Kier molecular flexibility index (Phi) is 5.48. The van der Waals surface area contributed by atoms with Crippen LogP contribution in [0.3, 0.4) is 0 Å². The highest BCUT2D eigenvalue weighted by atomic mass is 16.5. The molecule has 0 saturated carbocycles. The minimum atomic E-state index is -0.628. The van der Waals surface area contributed by atoms with E-state index in [1.807, 2.05) is 30.3 Å². The summed E-state index contributed by atoms with van der Waals surface area (Å²) >= 11 is 0. The maximum atomic E-state index is 12.0. The van der Waals surface area contributed by atoms with Gasteiger partial charge in [-0.2, -0.15) is 0 Å². The third-order valence-electron chi connectivity index (χ3n) is 4.78. The minimum absolute atomic E-state index is 0.194. The van der Waals surface area contributed by atoms with Crippen LogP contribution in [0.2, 0.25) is 0 Å². The Hall–Kier alpha value is -1.92. The monoisotopic (exact) mass is 331 g/mol. The van der Waals surface area contributed by atoms with Gasteiger partial charge < -0.3 is 5.11 Å². The lowest BCUT2D eigenvalue weighted by Crippen LogP contribution is -2.44. The van der Waals surface area contributed by atoms with Crippen molar-refractivity contribution in [3.8, 4) is 11.4 Å². The average Bonchev–Trinajstić information content (AvgIpc) is 2.97. The van der Waals surface area contributed by atoms with Crippen LogP contribution in [0, 0.1) is 0 Å². The van der Waals surface area contributed by atoms with Crippen LogP contribution in [0.5, 0.6) is 0 Å². The number of nitrogens with zero attached hydrogens (tertiary/aromatic N) is 3. The number of piperidine rings is 1.